The van der Waals surface area contributed by atoms with Gasteiger partial charge < -0.3 is 4.74 Å². The maximum atomic E-state index is 5.36. The highest BCUT2D eigenvalue weighted by molar-refractivity contribution is 5.83. The lowest BCUT2D eigenvalue weighted by Crippen LogP contribution is -2.43. The Bertz CT molecular complexity index is 674. The van der Waals surface area contributed by atoms with Crippen LogP contribution in [0, 0.1) is 6.92 Å². The van der Waals surface area contributed by atoms with Crippen LogP contribution in [0.4, 0.5) is 0 Å². The van der Waals surface area contributed by atoms with Gasteiger partial charge in [-0.1, -0.05) is 42.0 Å². The first kappa shape index (κ1) is 16.5. The minimum absolute atomic E-state index is 0.860. The first-order valence-corrected chi connectivity index (χ1v) is 8.44. The van der Waals surface area contributed by atoms with Crippen molar-refractivity contribution < 1.29 is 4.74 Å². The summed E-state index contributed by atoms with van der Waals surface area (Å²) in [6.45, 7) is 7.13. The molecule has 0 amide bonds. The van der Waals surface area contributed by atoms with Gasteiger partial charge in [-0.25, -0.2) is 0 Å². The maximum absolute atomic E-state index is 5.36. The zero-order valence-corrected chi connectivity index (χ0v) is 14.5. The molecule has 0 atom stereocenters. The van der Waals surface area contributed by atoms with Crippen LogP contribution < -0.4 is 4.74 Å². The number of aryl methyl sites for hydroxylation is 1. The minimum atomic E-state index is 0.860. The van der Waals surface area contributed by atoms with E-state index in [0.29, 0.717) is 0 Å². The van der Waals surface area contributed by atoms with Gasteiger partial charge in [0.2, 0.25) is 0 Å². The van der Waals surface area contributed by atoms with E-state index in [0.717, 1.165) is 44.0 Å². The van der Waals surface area contributed by atoms with Crippen molar-refractivity contribution in [2.24, 2.45) is 5.10 Å². The Labute approximate surface area is 144 Å². The highest BCUT2D eigenvalue weighted by Gasteiger charge is 2.15. The van der Waals surface area contributed by atoms with E-state index in [9.17, 15) is 0 Å². The third kappa shape index (κ3) is 4.36. The summed E-state index contributed by atoms with van der Waals surface area (Å²) in [5, 5.41) is 6.75. The predicted molar refractivity (Wildman–Crippen MR) is 98.6 cm³/mol. The van der Waals surface area contributed by atoms with Crippen LogP contribution in [0.5, 0.6) is 5.75 Å². The van der Waals surface area contributed by atoms with E-state index < -0.39 is 0 Å². The molecule has 3 rings (SSSR count). The van der Waals surface area contributed by atoms with Crippen LogP contribution in [0.1, 0.15) is 16.7 Å². The minimum Gasteiger partial charge on any atom is -0.496 e. The Balaban J connectivity index is 1.51. The van der Waals surface area contributed by atoms with E-state index in [1.807, 2.05) is 30.5 Å². The summed E-state index contributed by atoms with van der Waals surface area (Å²) in [5.41, 5.74) is 3.71. The van der Waals surface area contributed by atoms with Crippen LogP contribution in [0.2, 0.25) is 0 Å². The van der Waals surface area contributed by atoms with E-state index in [-0.39, 0.29) is 0 Å². The molecule has 0 radical (unpaired) electrons. The van der Waals surface area contributed by atoms with Gasteiger partial charge in [-0.3, -0.25) is 9.91 Å². The average Bonchev–Trinajstić information content (AvgIpc) is 2.63. The van der Waals surface area contributed by atoms with Crippen LogP contribution in [0.3, 0.4) is 0 Å². The predicted octanol–water partition coefficient (Wildman–Crippen LogP) is 3.16. The molecule has 1 heterocycles. The highest BCUT2D eigenvalue weighted by Crippen LogP contribution is 2.15. The Morgan fingerprint density at radius 3 is 2.42 bits per heavy atom. The Kier molecular flexibility index (Phi) is 5.49. The van der Waals surface area contributed by atoms with E-state index >= 15 is 0 Å². The van der Waals surface area contributed by atoms with Crippen molar-refractivity contribution in [2.45, 2.75) is 13.5 Å². The molecule has 24 heavy (non-hydrogen) atoms. The standard InChI is InChI=1S/C20H25N3O/c1-17-7-9-18(10-8-17)16-22-11-13-23(14-12-22)21-15-19-5-3-4-6-20(19)24-2/h3-10,15H,11-14,16H2,1-2H3/b21-15+. The zero-order chi connectivity index (χ0) is 16.8. The summed E-state index contributed by atoms with van der Waals surface area (Å²) in [6, 6.07) is 16.8. The molecule has 4 nitrogen and oxygen atoms in total. The van der Waals surface area contributed by atoms with Crippen molar-refractivity contribution in [1.29, 1.82) is 0 Å². The number of ether oxygens (including phenoxy) is 1. The number of methoxy groups -OCH3 is 1. The first-order chi connectivity index (χ1) is 11.7. The van der Waals surface area contributed by atoms with Crippen LogP contribution in [0.25, 0.3) is 0 Å². The molecular formula is C20H25N3O. The molecule has 2 aromatic carbocycles. The van der Waals surface area contributed by atoms with Gasteiger partial charge in [0.1, 0.15) is 5.75 Å². The van der Waals surface area contributed by atoms with Gasteiger partial charge in [-0.2, -0.15) is 5.10 Å². The molecule has 1 aliphatic rings. The molecule has 0 saturated carbocycles. The van der Waals surface area contributed by atoms with Gasteiger partial charge in [0.15, 0.2) is 0 Å². The molecular weight excluding hydrogens is 298 g/mol. The summed E-state index contributed by atoms with van der Waals surface area (Å²) in [6.07, 6.45) is 1.90. The molecule has 0 bridgehead atoms. The normalized spacial score (nSPS) is 15.8. The second-order valence-corrected chi connectivity index (χ2v) is 6.20. The van der Waals surface area contributed by atoms with Crippen molar-refractivity contribution >= 4 is 6.21 Å². The Hall–Kier alpha value is -2.33. The second-order valence-electron chi connectivity index (χ2n) is 6.20. The van der Waals surface area contributed by atoms with Crippen LogP contribution >= 0.6 is 0 Å². The van der Waals surface area contributed by atoms with Gasteiger partial charge in [0, 0.05) is 38.3 Å². The largest absolute Gasteiger partial charge is 0.496 e. The SMILES string of the molecule is COc1ccccc1/C=N/N1CCN(Cc2ccc(C)cc2)CC1. The Morgan fingerprint density at radius 1 is 1.00 bits per heavy atom. The fraction of sp³-hybridized carbons (Fsp3) is 0.350. The van der Waals surface area contributed by atoms with E-state index in [2.05, 4.69) is 46.2 Å². The number of benzene rings is 2. The smallest absolute Gasteiger partial charge is 0.127 e. The lowest BCUT2D eigenvalue weighted by molar-refractivity contribution is 0.131. The number of hydrogen-bond donors (Lipinski definition) is 0. The molecule has 0 unspecified atom stereocenters. The highest BCUT2D eigenvalue weighted by atomic mass is 16.5. The van der Waals surface area contributed by atoms with E-state index in [1.165, 1.54) is 11.1 Å². The van der Waals surface area contributed by atoms with Crippen LogP contribution in [0.15, 0.2) is 53.6 Å². The van der Waals surface area contributed by atoms with E-state index in [1.54, 1.807) is 7.11 Å². The van der Waals surface area contributed by atoms with Gasteiger partial charge in [-0.05, 0) is 24.6 Å². The summed E-state index contributed by atoms with van der Waals surface area (Å²) in [7, 11) is 1.69. The fourth-order valence-corrected chi connectivity index (χ4v) is 2.88. The monoisotopic (exact) mass is 323 g/mol. The number of piperazine rings is 1. The number of nitrogens with zero attached hydrogens (tertiary/aromatic N) is 3. The van der Waals surface area contributed by atoms with Crippen molar-refractivity contribution in [1.82, 2.24) is 9.91 Å². The van der Waals surface area contributed by atoms with Gasteiger partial charge >= 0.3 is 0 Å². The second kappa shape index (κ2) is 7.97. The number of hydrazone groups is 1. The zero-order valence-electron chi connectivity index (χ0n) is 14.5. The van der Waals surface area contributed by atoms with E-state index in [4.69, 9.17) is 4.74 Å². The van der Waals surface area contributed by atoms with Crippen LogP contribution in [-0.4, -0.2) is 49.4 Å². The topological polar surface area (TPSA) is 28.1 Å². The van der Waals surface area contributed by atoms with Crippen molar-refractivity contribution in [3.8, 4) is 5.75 Å². The molecule has 1 aliphatic heterocycles. The molecule has 1 saturated heterocycles. The number of para-hydroxylation sites is 1. The molecule has 0 N–H and O–H groups in total. The third-order valence-corrected chi connectivity index (χ3v) is 4.37. The van der Waals surface area contributed by atoms with Gasteiger partial charge in [0.25, 0.3) is 0 Å². The summed E-state index contributed by atoms with van der Waals surface area (Å²) in [5.74, 6) is 0.860. The third-order valence-electron chi connectivity index (χ3n) is 4.37. The van der Waals surface area contributed by atoms with Gasteiger partial charge in [0.05, 0.1) is 13.3 Å². The maximum Gasteiger partial charge on any atom is 0.127 e. The molecule has 0 spiro atoms. The summed E-state index contributed by atoms with van der Waals surface area (Å²) < 4.78 is 5.36. The molecule has 0 aromatic heterocycles. The van der Waals surface area contributed by atoms with Gasteiger partial charge in [-0.15, -0.1) is 0 Å². The fourth-order valence-electron chi connectivity index (χ4n) is 2.88. The number of rotatable bonds is 5. The summed E-state index contributed by atoms with van der Waals surface area (Å²) in [4.78, 5) is 2.49. The summed E-state index contributed by atoms with van der Waals surface area (Å²) >= 11 is 0. The first-order valence-electron chi connectivity index (χ1n) is 8.44. The molecule has 1 fully saturated rings. The Morgan fingerprint density at radius 2 is 1.71 bits per heavy atom. The van der Waals surface area contributed by atoms with Crippen molar-refractivity contribution in [2.75, 3.05) is 33.3 Å². The van der Waals surface area contributed by atoms with Crippen molar-refractivity contribution in [3.05, 3.63) is 65.2 Å². The number of hydrogen-bond acceptors (Lipinski definition) is 4. The van der Waals surface area contributed by atoms with Crippen molar-refractivity contribution in [3.63, 3.8) is 0 Å². The quantitative estimate of drug-likeness (QED) is 0.791. The molecule has 4 heteroatoms. The lowest BCUT2D eigenvalue weighted by Gasteiger charge is -2.33. The lowest BCUT2D eigenvalue weighted by atomic mass is 10.1. The molecule has 0 aliphatic carbocycles. The molecule has 2 aromatic rings. The molecule has 126 valence electrons. The van der Waals surface area contributed by atoms with Crippen LogP contribution in [-0.2, 0) is 6.54 Å². The average molecular weight is 323 g/mol.